The van der Waals surface area contributed by atoms with Gasteiger partial charge in [-0.2, -0.15) is 0 Å². The zero-order valence-corrected chi connectivity index (χ0v) is 11.5. The molecular formula is C14H19NO4. The Morgan fingerprint density at radius 3 is 2.63 bits per heavy atom. The number of hydrogen-bond donors (Lipinski definition) is 0. The highest BCUT2D eigenvalue weighted by atomic mass is 16.6. The van der Waals surface area contributed by atoms with Gasteiger partial charge in [0.2, 0.25) is 6.20 Å². The Balaban J connectivity index is 2.90. The molecule has 0 radical (unpaired) electrons. The lowest BCUT2D eigenvalue weighted by molar-refractivity contribution is -0.400. The van der Waals surface area contributed by atoms with Gasteiger partial charge >= 0.3 is 0 Å². The zero-order chi connectivity index (χ0) is 14.3. The summed E-state index contributed by atoms with van der Waals surface area (Å²) >= 11 is 0. The van der Waals surface area contributed by atoms with Gasteiger partial charge in [0.15, 0.2) is 11.5 Å². The van der Waals surface area contributed by atoms with Crippen molar-refractivity contribution in [2.75, 3.05) is 13.2 Å². The second-order valence-corrected chi connectivity index (χ2v) is 4.45. The largest absolute Gasteiger partial charge is 0.490 e. The zero-order valence-electron chi connectivity index (χ0n) is 11.5. The van der Waals surface area contributed by atoms with E-state index >= 15 is 0 Å². The minimum absolute atomic E-state index is 0.420. The van der Waals surface area contributed by atoms with E-state index in [0.717, 1.165) is 6.20 Å². The van der Waals surface area contributed by atoms with Gasteiger partial charge in [0.05, 0.1) is 18.1 Å². The Kier molecular flexibility index (Phi) is 5.85. The molecule has 0 unspecified atom stereocenters. The van der Waals surface area contributed by atoms with Crippen molar-refractivity contribution >= 4 is 6.08 Å². The maximum Gasteiger partial charge on any atom is 0.235 e. The fourth-order valence-corrected chi connectivity index (χ4v) is 1.42. The van der Waals surface area contributed by atoms with Gasteiger partial charge in [-0.3, -0.25) is 10.1 Å². The lowest BCUT2D eigenvalue weighted by Crippen LogP contribution is -2.06. The predicted molar refractivity (Wildman–Crippen MR) is 74.0 cm³/mol. The van der Waals surface area contributed by atoms with Crippen molar-refractivity contribution in [1.82, 2.24) is 0 Å². The maximum atomic E-state index is 10.3. The minimum atomic E-state index is -0.497. The van der Waals surface area contributed by atoms with Crippen LogP contribution in [0, 0.1) is 16.0 Å². The molecule has 0 heterocycles. The summed E-state index contributed by atoms with van der Waals surface area (Å²) in [6, 6.07) is 5.27. The molecule has 0 fully saturated rings. The summed E-state index contributed by atoms with van der Waals surface area (Å²) in [6.07, 6.45) is 2.33. The summed E-state index contributed by atoms with van der Waals surface area (Å²) in [5, 5.41) is 10.3. The van der Waals surface area contributed by atoms with Crippen LogP contribution >= 0.6 is 0 Å². The first-order valence-corrected chi connectivity index (χ1v) is 6.24. The number of rotatable bonds is 7. The van der Waals surface area contributed by atoms with Gasteiger partial charge in [-0.25, -0.2) is 0 Å². The summed E-state index contributed by atoms with van der Waals surface area (Å²) in [5.41, 5.74) is 0.706. The smallest absolute Gasteiger partial charge is 0.235 e. The van der Waals surface area contributed by atoms with Gasteiger partial charge in [-0.05, 0) is 30.5 Å². The molecule has 5 heteroatoms. The third-order valence-corrected chi connectivity index (χ3v) is 2.23. The summed E-state index contributed by atoms with van der Waals surface area (Å²) in [5.74, 6) is 1.69. The Hall–Kier alpha value is -2.04. The van der Waals surface area contributed by atoms with Crippen molar-refractivity contribution < 1.29 is 14.4 Å². The number of nitrogens with zero attached hydrogens (tertiary/aromatic N) is 1. The van der Waals surface area contributed by atoms with Crippen LogP contribution < -0.4 is 9.47 Å². The highest BCUT2D eigenvalue weighted by Gasteiger charge is 2.07. The molecule has 0 spiro atoms. The molecule has 0 bridgehead atoms. The van der Waals surface area contributed by atoms with Crippen molar-refractivity contribution in [3.05, 3.63) is 40.1 Å². The van der Waals surface area contributed by atoms with E-state index in [2.05, 4.69) is 13.8 Å². The van der Waals surface area contributed by atoms with E-state index in [-0.39, 0.29) is 0 Å². The Labute approximate surface area is 113 Å². The number of hydrogen-bond acceptors (Lipinski definition) is 4. The van der Waals surface area contributed by atoms with Crippen LogP contribution in [0.4, 0.5) is 0 Å². The third-order valence-electron chi connectivity index (χ3n) is 2.23. The minimum Gasteiger partial charge on any atom is -0.490 e. The van der Waals surface area contributed by atoms with Crippen LogP contribution in [0.2, 0.25) is 0 Å². The lowest BCUT2D eigenvalue weighted by Gasteiger charge is -2.13. The first-order valence-electron chi connectivity index (χ1n) is 6.24. The van der Waals surface area contributed by atoms with E-state index in [1.165, 1.54) is 6.08 Å². The monoisotopic (exact) mass is 265 g/mol. The normalized spacial score (nSPS) is 10.9. The molecule has 104 valence electrons. The van der Waals surface area contributed by atoms with Gasteiger partial charge in [-0.15, -0.1) is 0 Å². The molecule has 0 N–H and O–H groups in total. The standard InChI is InChI=1S/C14H19NO4/c1-4-18-14-9-12(7-8-15(16)17)5-6-13(14)19-10-11(2)3/h5-9,11H,4,10H2,1-3H3. The number of benzene rings is 1. The van der Waals surface area contributed by atoms with Crippen LogP contribution in [0.5, 0.6) is 11.5 Å². The molecule has 0 amide bonds. The lowest BCUT2D eigenvalue weighted by atomic mass is 10.2. The molecule has 0 atom stereocenters. The molecule has 19 heavy (non-hydrogen) atoms. The third kappa shape index (κ3) is 5.42. The maximum absolute atomic E-state index is 10.3. The fraction of sp³-hybridized carbons (Fsp3) is 0.429. The molecule has 0 aliphatic rings. The molecule has 0 saturated heterocycles. The van der Waals surface area contributed by atoms with Crippen LogP contribution in [0.1, 0.15) is 26.3 Å². The van der Waals surface area contributed by atoms with E-state index in [4.69, 9.17) is 9.47 Å². The van der Waals surface area contributed by atoms with Crippen LogP contribution in [0.25, 0.3) is 6.08 Å². The fourth-order valence-electron chi connectivity index (χ4n) is 1.42. The summed E-state index contributed by atoms with van der Waals surface area (Å²) < 4.78 is 11.1. The second-order valence-electron chi connectivity index (χ2n) is 4.45. The van der Waals surface area contributed by atoms with E-state index in [1.807, 2.05) is 6.92 Å². The van der Waals surface area contributed by atoms with Gasteiger partial charge in [0.25, 0.3) is 0 Å². The van der Waals surface area contributed by atoms with Crippen LogP contribution in [-0.2, 0) is 0 Å². The first kappa shape index (κ1) is 15.0. The quantitative estimate of drug-likeness (QED) is 0.560. The van der Waals surface area contributed by atoms with Gasteiger partial charge < -0.3 is 9.47 Å². The van der Waals surface area contributed by atoms with Crippen LogP contribution in [0.15, 0.2) is 24.4 Å². The van der Waals surface area contributed by atoms with Crippen LogP contribution in [0.3, 0.4) is 0 Å². The Bertz CT molecular complexity index is 455. The molecule has 0 aromatic heterocycles. The molecule has 1 rings (SSSR count). The molecular weight excluding hydrogens is 246 g/mol. The average molecular weight is 265 g/mol. The summed E-state index contributed by atoms with van der Waals surface area (Å²) in [4.78, 5) is 9.79. The average Bonchev–Trinajstić information content (AvgIpc) is 2.35. The summed E-state index contributed by atoms with van der Waals surface area (Å²) in [7, 11) is 0. The Morgan fingerprint density at radius 2 is 2.05 bits per heavy atom. The number of ether oxygens (including phenoxy) is 2. The van der Waals surface area contributed by atoms with Crippen molar-refractivity contribution in [1.29, 1.82) is 0 Å². The number of nitro groups is 1. The predicted octanol–water partition coefficient (Wildman–Crippen LogP) is 3.37. The highest BCUT2D eigenvalue weighted by molar-refractivity contribution is 5.55. The Morgan fingerprint density at radius 1 is 1.32 bits per heavy atom. The van der Waals surface area contributed by atoms with Crippen molar-refractivity contribution in [3.8, 4) is 11.5 Å². The van der Waals surface area contributed by atoms with Gasteiger partial charge in [-0.1, -0.05) is 19.9 Å². The first-order chi connectivity index (χ1) is 9.02. The topological polar surface area (TPSA) is 61.6 Å². The van der Waals surface area contributed by atoms with E-state index in [9.17, 15) is 10.1 Å². The highest BCUT2D eigenvalue weighted by Crippen LogP contribution is 2.29. The van der Waals surface area contributed by atoms with Crippen molar-refractivity contribution in [2.45, 2.75) is 20.8 Å². The molecule has 0 saturated carbocycles. The SMILES string of the molecule is CCOc1cc(C=C[N+](=O)[O-])ccc1OCC(C)C. The van der Waals surface area contributed by atoms with Crippen LogP contribution in [-0.4, -0.2) is 18.1 Å². The van der Waals surface area contributed by atoms with Gasteiger partial charge in [0.1, 0.15) is 0 Å². The second kappa shape index (κ2) is 7.41. The van der Waals surface area contributed by atoms with Gasteiger partial charge in [0, 0.05) is 6.08 Å². The molecule has 5 nitrogen and oxygen atoms in total. The van der Waals surface area contributed by atoms with E-state index in [0.29, 0.717) is 36.2 Å². The molecule has 0 aliphatic carbocycles. The van der Waals surface area contributed by atoms with Crippen molar-refractivity contribution in [2.24, 2.45) is 5.92 Å². The van der Waals surface area contributed by atoms with Crippen molar-refractivity contribution in [3.63, 3.8) is 0 Å². The molecule has 1 aromatic carbocycles. The van der Waals surface area contributed by atoms with E-state index in [1.54, 1.807) is 18.2 Å². The molecule has 0 aliphatic heterocycles. The molecule has 1 aromatic rings. The summed E-state index contributed by atoms with van der Waals surface area (Å²) in [6.45, 7) is 7.12. The van der Waals surface area contributed by atoms with E-state index < -0.39 is 4.92 Å².